The molecular formula is C4H12N+. The second kappa shape index (κ2) is 3.67. The maximum absolute atomic E-state index is 3.47. The van der Waals surface area contributed by atoms with Gasteiger partial charge in [-0.25, -0.2) is 4.58 Å². The summed E-state index contributed by atoms with van der Waals surface area (Å²) < 4.78 is 1.75. The van der Waals surface area contributed by atoms with E-state index in [1.807, 2.05) is 14.1 Å². The van der Waals surface area contributed by atoms with Crippen molar-refractivity contribution in [2.75, 3.05) is 14.1 Å². The molecule has 1 heteroatoms. The van der Waals surface area contributed by atoms with Crippen molar-refractivity contribution in [1.82, 2.24) is 0 Å². The number of hydrogen-bond donors (Lipinski definition) is 0. The van der Waals surface area contributed by atoms with Crippen molar-refractivity contribution in [3.05, 3.63) is 0 Å². The van der Waals surface area contributed by atoms with Crippen LogP contribution in [0.25, 0.3) is 0 Å². The van der Waals surface area contributed by atoms with Gasteiger partial charge in [0.05, 0.1) is 0 Å². The Morgan fingerprint density at radius 2 is 1.40 bits per heavy atom. The van der Waals surface area contributed by atoms with E-state index in [1.54, 1.807) is 4.58 Å². The minimum atomic E-state index is 0. The van der Waals surface area contributed by atoms with Crippen LogP contribution in [0, 0.1) is 0 Å². The van der Waals surface area contributed by atoms with Crippen LogP contribution in [0.4, 0.5) is 0 Å². The van der Waals surface area contributed by atoms with Crippen molar-refractivity contribution in [3.63, 3.8) is 0 Å². The molecule has 32 valence electrons. The summed E-state index contributed by atoms with van der Waals surface area (Å²) >= 11 is 0. The van der Waals surface area contributed by atoms with Crippen LogP contribution in [0.1, 0.15) is 7.43 Å². The van der Waals surface area contributed by atoms with E-state index in [0.29, 0.717) is 0 Å². The summed E-state index contributed by atoms with van der Waals surface area (Å²) in [5, 5.41) is 0. The second-order valence-electron chi connectivity index (χ2n) is 1.08. The summed E-state index contributed by atoms with van der Waals surface area (Å²) in [5.74, 6) is 0. The van der Waals surface area contributed by atoms with E-state index < -0.39 is 0 Å². The molecule has 1 nitrogen and oxygen atoms in total. The lowest BCUT2D eigenvalue weighted by Crippen LogP contribution is -1.86. The van der Waals surface area contributed by atoms with Crippen molar-refractivity contribution in [3.8, 4) is 0 Å². The third kappa shape index (κ3) is 94.0. The molecule has 0 spiro atoms. The Morgan fingerprint density at radius 3 is 1.40 bits per heavy atom. The highest BCUT2D eigenvalue weighted by molar-refractivity contribution is 5.13. The third-order valence-electron chi connectivity index (χ3n) is 0. The Labute approximate surface area is 33.9 Å². The maximum Gasteiger partial charge on any atom is 0.131 e. The van der Waals surface area contributed by atoms with Gasteiger partial charge in [0.15, 0.2) is 0 Å². The molecule has 0 atom stereocenters. The van der Waals surface area contributed by atoms with Gasteiger partial charge in [-0.1, -0.05) is 7.43 Å². The van der Waals surface area contributed by atoms with Gasteiger partial charge in [-0.15, -0.1) is 0 Å². The molecule has 0 saturated carbocycles. The SMILES string of the molecule is C.C=[N+](C)C. The monoisotopic (exact) mass is 74.1 g/mol. The molecule has 0 rings (SSSR count). The number of rotatable bonds is 0. The lowest BCUT2D eigenvalue weighted by Gasteiger charge is -1.65. The minimum Gasteiger partial charge on any atom is -0.248 e. The second-order valence-corrected chi connectivity index (χ2v) is 1.08. The van der Waals surface area contributed by atoms with Gasteiger partial charge in [-0.05, 0) is 0 Å². The van der Waals surface area contributed by atoms with Gasteiger partial charge in [0.1, 0.15) is 20.8 Å². The van der Waals surface area contributed by atoms with Gasteiger partial charge in [0, 0.05) is 0 Å². The Kier molecular flexibility index (Phi) is 6.48. The van der Waals surface area contributed by atoms with Gasteiger partial charge in [-0.2, -0.15) is 0 Å². The van der Waals surface area contributed by atoms with Crippen LogP contribution in [0.2, 0.25) is 0 Å². The van der Waals surface area contributed by atoms with Crippen LogP contribution in [0.5, 0.6) is 0 Å². The average Bonchev–Trinajstić information content (AvgIpc) is 0.811. The molecule has 0 amide bonds. The highest BCUT2D eigenvalue weighted by atomic mass is 14.9. The van der Waals surface area contributed by atoms with E-state index in [4.69, 9.17) is 0 Å². The topological polar surface area (TPSA) is 3.01 Å². The van der Waals surface area contributed by atoms with E-state index >= 15 is 0 Å². The number of nitrogens with zero attached hydrogens (tertiary/aromatic N) is 1. The molecule has 0 radical (unpaired) electrons. The van der Waals surface area contributed by atoms with Crippen LogP contribution < -0.4 is 0 Å². The molecule has 0 aromatic carbocycles. The predicted molar refractivity (Wildman–Crippen MR) is 26.0 cm³/mol. The van der Waals surface area contributed by atoms with E-state index in [0.717, 1.165) is 0 Å². The molecule has 0 saturated heterocycles. The van der Waals surface area contributed by atoms with E-state index in [-0.39, 0.29) is 7.43 Å². The largest absolute Gasteiger partial charge is 0.248 e. The van der Waals surface area contributed by atoms with E-state index in [2.05, 4.69) is 6.72 Å². The average molecular weight is 74.1 g/mol. The lowest BCUT2D eigenvalue weighted by molar-refractivity contribution is -0.454. The molecule has 0 aliphatic heterocycles. The fraction of sp³-hybridized carbons (Fsp3) is 0.750. The molecule has 0 unspecified atom stereocenters. The van der Waals surface area contributed by atoms with Crippen LogP contribution >= 0.6 is 0 Å². The van der Waals surface area contributed by atoms with Crippen molar-refractivity contribution >= 4 is 6.72 Å². The van der Waals surface area contributed by atoms with Crippen LogP contribution in [0.15, 0.2) is 0 Å². The van der Waals surface area contributed by atoms with Gasteiger partial charge in [0.25, 0.3) is 0 Å². The Bertz CT molecular complexity index is 26.6. The molecule has 0 aromatic heterocycles. The summed E-state index contributed by atoms with van der Waals surface area (Å²) in [6, 6.07) is 0. The molecule has 0 aliphatic rings. The van der Waals surface area contributed by atoms with E-state index in [9.17, 15) is 0 Å². The highest BCUT2D eigenvalue weighted by Gasteiger charge is 1.53. The van der Waals surface area contributed by atoms with Gasteiger partial charge in [-0.3, -0.25) is 0 Å². The zero-order valence-corrected chi connectivity index (χ0v) is 3.15. The summed E-state index contributed by atoms with van der Waals surface area (Å²) in [6.07, 6.45) is 0. The standard InChI is InChI=1S/C3H8N.CH4/c1-4(2)3;/h1H2,2-3H3;1H4/q+1;. The first kappa shape index (κ1) is 8.82. The molecule has 5 heavy (non-hydrogen) atoms. The fourth-order valence-corrected chi connectivity index (χ4v) is 0. The molecule has 0 bridgehead atoms. The van der Waals surface area contributed by atoms with Gasteiger partial charge >= 0.3 is 0 Å². The maximum atomic E-state index is 3.47. The first-order valence-electron chi connectivity index (χ1n) is 1.21. The first-order valence-corrected chi connectivity index (χ1v) is 1.21. The van der Waals surface area contributed by atoms with Crippen LogP contribution in [0.3, 0.4) is 0 Å². The van der Waals surface area contributed by atoms with Crippen LogP contribution in [-0.4, -0.2) is 25.4 Å². The Balaban J connectivity index is 0. The lowest BCUT2D eigenvalue weighted by atomic mass is 11.1. The Hall–Kier alpha value is -0.330. The third-order valence-corrected chi connectivity index (χ3v) is 0. The smallest absolute Gasteiger partial charge is 0.131 e. The molecule has 0 fully saturated rings. The quantitative estimate of drug-likeness (QED) is 0.292. The fourth-order valence-electron chi connectivity index (χ4n) is 0. The minimum absolute atomic E-state index is 0. The summed E-state index contributed by atoms with van der Waals surface area (Å²) in [7, 11) is 3.78. The van der Waals surface area contributed by atoms with Crippen molar-refractivity contribution < 1.29 is 4.58 Å². The highest BCUT2D eigenvalue weighted by Crippen LogP contribution is 1.30. The molecule has 0 N–H and O–H groups in total. The zero-order chi connectivity index (χ0) is 3.58. The number of hydrogen-bond acceptors (Lipinski definition) is 0. The molecule has 0 heterocycles. The molecule has 0 aliphatic carbocycles. The molecular weight excluding hydrogens is 62.1 g/mol. The predicted octanol–water partition coefficient (Wildman–Crippen LogP) is 0.595. The summed E-state index contributed by atoms with van der Waals surface area (Å²) in [5.41, 5.74) is 0. The summed E-state index contributed by atoms with van der Waals surface area (Å²) in [6.45, 7) is 3.47. The van der Waals surface area contributed by atoms with Crippen LogP contribution in [-0.2, 0) is 0 Å². The Morgan fingerprint density at radius 1 is 1.40 bits per heavy atom. The van der Waals surface area contributed by atoms with Crippen molar-refractivity contribution in [1.29, 1.82) is 0 Å². The first-order chi connectivity index (χ1) is 1.73. The zero-order valence-electron chi connectivity index (χ0n) is 3.15. The van der Waals surface area contributed by atoms with Crippen molar-refractivity contribution in [2.24, 2.45) is 0 Å². The van der Waals surface area contributed by atoms with Gasteiger partial charge < -0.3 is 0 Å². The molecule has 0 aromatic rings. The summed E-state index contributed by atoms with van der Waals surface area (Å²) in [4.78, 5) is 0. The van der Waals surface area contributed by atoms with Gasteiger partial charge in [0.2, 0.25) is 0 Å². The van der Waals surface area contributed by atoms with Crippen molar-refractivity contribution in [2.45, 2.75) is 7.43 Å². The van der Waals surface area contributed by atoms with E-state index in [1.165, 1.54) is 0 Å². The normalized spacial score (nSPS) is 5.20.